The summed E-state index contributed by atoms with van der Waals surface area (Å²) < 4.78 is 34.4. The van der Waals surface area contributed by atoms with Gasteiger partial charge in [-0.15, -0.1) is 0 Å². The molecule has 1 aliphatic heterocycles. The second-order valence-corrected chi connectivity index (χ2v) is 1.87. The minimum Gasteiger partial charge on any atom is -0.276 e. The predicted molar refractivity (Wildman–Crippen MR) is 30.6 cm³/mol. The molecule has 1 heterocycles. The minimum absolute atomic E-state index is 0.0301. The fraction of sp³-hybridized carbons (Fsp3) is 0.500. The molecular weight excluding hydrogens is 126 g/mol. The lowest BCUT2D eigenvalue weighted by Gasteiger charge is -1.99. The molecule has 0 radical (unpaired) electrons. The molecule has 0 unspecified atom stereocenters. The average molecular weight is 136 g/mol. The van der Waals surface area contributed by atoms with Crippen LogP contribution in [-0.4, -0.2) is 28.7 Å². The van der Waals surface area contributed by atoms with Crippen LogP contribution in [0.5, 0.6) is 0 Å². The van der Waals surface area contributed by atoms with Gasteiger partial charge in [0.2, 0.25) is 5.91 Å². The molecule has 44 valence electrons. The van der Waals surface area contributed by atoms with Crippen molar-refractivity contribution in [3.05, 3.63) is 0 Å². The number of hydrogen-bond donors (Lipinski definition) is 0. The molecule has 1 fully saturated rings. The van der Waals surface area contributed by atoms with Gasteiger partial charge in [0.1, 0.15) is 0 Å². The first kappa shape index (κ1) is 2.02. The third kappa shape index (κ3) is 0.709. The zero-order chi connectivity index (χ0) is 10.4. The maximum absolute atomic E-state index is 11.0. The van der Waals surface area contributed by atoms with Gasteiger partial charge >= 0.3 is 0 Å². The number of imide groups is 1. The van der Waals surface area contributed by atoms with E-state index in [0.717, 1.165) is 0 Å². The number of nitrogens with zero attached hydrogens (tertiary/aromatic N) is 1. The van der Waals surface area contributed by atoms with E-state index < -0.39 is 23.8 Å². The minimum atomic E-state index is -2.90. The maximum Gasteiger partial charge on any atom is 0.288 e. The van der Waals surface area contributed by atoms with Gasteiger partial charge in [-0.1, -0.05) is 11.8 Å². The van der Waals surface area contributed by atoms with Crippen molar-refractivity contribution in [2.75, 3.05) is 12.7 Å². The van der Waals surface area contributed by atoms with Gasteiger partial charge in [0.15, 0.2) is 0 Å². The van der Waals surface area contributed by atoms with Crippen LogP contribution < -0.4 is 0 Å². The molecule has 1 saturated heterocycles. The van der Waals surface area contributed by atoms with Gasteiger partial charge in [-0.05, 0) is 0 Å². The Balaban J connectivity index is 3.03. The van der Waals surface area contributed by atoms with E-state index in [4.69, 9.17) is 6.85 Å². The monoisotopic (exact) mass is 136 g/mol. The van der Waals surface area contributed by atoms with Crippen LogP contribution in [0.3, 0.4) is 0 Å². The van der Waals surface area contributed by atoms with Crippen molar-refractivity contribution in [3.8, 4) is 0 Å². The smallest absolute Gasteiger partial charge is 0.276 e. The number of hydrogen-bond acceptors (Lipinski definition) is 3. The van der Waals surface area contributed by atoms with Crippen LogP contribution in [0.1, 0.15) is 6.85 Å². The van der Waals surface area contributed by atoms with E-state index in [2.05, 4.69) is 0 Å². The van der Waals surface area contributed by atoms with Gasteiger partial charge in [-0.25, -0.2) is 0 Å². The molecule has 1 rings (SSSR count). The maximum atomic E-state index is 11.0. The summed E-state index contributed by atoms with van der Waals surface area (Å²) in [5.41, 5.74) is -2.45. The number of thioether (sulfide) groups is 1. The standard InChI is InChI=1S/C4H5NO2S/c1-5-3(6)2-8-4(5)7/h2H2,1H3/i1D3,2D2. The average Bonchev–Trinajstić information content (AvgIpc) is 1.99. The van der Waals surface area contributed by atoms with Crippen LogP contribution >= 0.6 is 11.8 Å². The third-order valence-electron chi connectivity index (χ3n) is 0.611. The summed E-state index contributed by atoms with van der Waals surface area (Å²) in [5, 5.41) is -1.07. The summed E-state index contributed by atoms with van der Waals surface area (Å²) >= 11 is 0.0766. The molecule has 0 aromatic rings. The zero-order valence-corrected chi connectivity index (χ0v) is 4.49. The van der Waals surface area contributed by atoms with Crippen molar-refractivity contribution in [2.24, 2.45) is 0 Å². The van der Waals surface area contributed by atoms with Crippen molar-refractivity contribution in [3.63, 3.8) is 0 Å². The summed E-state index contributed by atoms with van der Waals surface area (Å²) in [7, 11) is 0. The highest BCUT2D eigenvalue weighted by molar-refractivity contribution is 8.14. The van der Waals surface area contributed by atoms with E-state index in [-0.39, 0.29) is 16.7 Å². The first-order chi connectivity index (χ1) is 5.66. The first-order valence-electron chi connectivity index (χ1n) is 4.24. The molecule has 0 aliphatic carbocycles. The van der Waals surface area contributed by atoms with E-state index in [9.17, 15) is 9.59 Å². The summed E-state index contributed by atoms with van der Waals surface area (Å²) in [6, 6.07) is 0. The van der Waals surface area contributed by atoms with E-state index in [1.807, 2.05) is 0 Å². The number of carbonyl (C=O) groups excluding carboxylic acids is 2. The van der Waals surface area contributed by atoms with Crippen molar-refractivity contribution >= 4 is 22.9 Å². The van der Waals surface area contributed by atoms with Crippen LogP contribution in [0.25, 0.3) is 0 Å². The Morgan fingerprint density at radius 3 is 3.00 bits per heavy atom. The topological polar surface area (TPSA) is 37.4 Å². The zero-order valence-electron chi connectivity index (χ0n) is 8.67. The number of amides is 2. The molecule has 0 atom stereocenters. The molecule has 0 aromatic heterocycles. The molecule has 4 heteroatoms. The normalized spacial score (nSPS) is 37.5. The van der Waals surface area contributed by atoms with Gasteiger partial charge in [0.25, 0.3) is 5.24 Å². The Hall–Kier alpha value is -0.510. The van der Waals surface area contributed by atoms with Gasteiger partial charge < -0.3 is 0 Å². The Morgan fingerprint density at radius 1 is 2.00 bits per heavy atom. The molecule has 0 saturated carbocycles. The quantitative estimate of drug-likeness (QED) is 0.481. The lowest BCUT2D eigenvalue weighted by Crippen LogP contribution is -2.22. The Labute approximate surface area is 58.1 Å². The Kier molecular flexibility index (Phi) is 0.449. The first-order valence-corrected chi connectivity index (χ1v) is 2.55. The molecule has 0 bridgehead atoms. The van der Waals surface area contributed by atoms with Crippen molar-refractivity contribution in [2.45, 2.75) is 0 Å². The summed E-state index contributed by atoms with van der Waals surface area (Å²) in [5.74, 6) is -1.32. The molecule has 0 N–H and O–H groups in total. The molecule has 2 amide bonds. The SMILES string of the molecule is [2H]C1([2H])SC(=O)N(C([2H])([2H])[2H])C1=O. The largest absolute Gasteiger partial charge is 0.288 e. The molecule has 8 heavy (non-hydrogen) atoms. The number of carbonyl (C=O) groups is 2. The van der Waals surface area contributed by atoms with E-state index in [1.165, 1.54) is 0 Å². The van der Waals surface area contributed by atoms with Gasteiger partial charge in [0.05, 0.1) is 5.70 Å². The van der Waals surface area contributed by atoms with Gasteiger partial charge in [0, 0.05) is 13.8 Å². The highest BCUT2D eigenvalue weighted by atomic mass is 32.2. The molecule has 3 nitrogen and oxygen atoms in total. The van der Waals surface area contributed by atoms with Gasteiger partial charge in [-0.3, -0.25) is 14.5 Å². The van der Waals surface area contributed by atoms with Crippen molar-refractivity contribution in [1.29, 1.82) is 0 Å². The highest BCUT2D eigenvalue weighted by Gasteiger charge is 2.25. The third-order valence-corrected chi connectivity index (χ3v) is 1.25. The van der Waals surface area contributed by atoms with E-state index in [0.29, 0.717) is 0 Å². The summed E-state index contributed by atoms with van der Waals surface area (Å²) in [6.45, 7) is -2.90. The Morgan fingerprint density at radius 2 is 2.75 bits per heavy atom. The Bertz CT molecular complexity index is 274. The van der Waals surface area contributed by atoms with Crippen LogP contribution in [0, 0.1) is 0 Å². The van der Waals surface area contributed by atoms with Crippen molar-refractivity contribution in [1.82, 2.24) is 4.90 Å². The van der Waals surface area contributed by atoms with Gasteiger partial charge in [-0.2, -0.15) is 0 Å². The summed E-state index contributed by atoms with van der Waals surface area (Å²) in [6.07, 6.45) is 0. The predicted octanol–water partition coefficient (Wildman–Crippen LogP) is 0.312. The van der Waals surface area contributed by atoms with E-state index in [1.54, 1.807) is 0 Å². The van der Waals surface area contributed by atoms with Crippen LogP contribution in [0.2, 0.25) is 0 Å². The lowest BCUT2D eigenvalue weighted by molar-refractivity contribution is -0.123. The molecular formula is C4H5NO2S. The van der Waals surface area contributed by atoms with Crippen LogP contribution in [0.4, 0.5) is 4.79 Å². The van der Waals surface area contributed by atoms with Crippen LogP contribution in [-0.2, 0) is 4.79 Å². The molecule has 0 aromatic carbocycles. The second-order valence-electron chi connectivity index (χ2n) is 1.11. The summed E-state index contributed by atoms with van der Waals surface area (Å²) in [4.78, 5) is 21.9. The van der Waals surface area contributed by atoms with E-state index >= 15 is 0 Å². The fourth-order valence-corrected chi connectivity index (χ4v) is 0.702. The lowest BCUT2D eigenvalue weighted by atomic mass is 10.6. The fourth-order valence-electron chi connectivity index (χ4n) is 0.262. The highest BCUT2D eigenvalue weighted by Crippen LogP contribution is 2.15. The number of rotatable bonds is 0. The molecule has 1 aliphatic rings. The second kappa shape index (κ2) is 1.78. The van der Waals surface area contributed by atoms with Crippen LogP contribution in [0.15, 0.2) is 0 Å². The van der Waals surface area contributed by atoms with Crippen molar-refractivity contribution < 1.29 is 16.4 Å². The molecule has 0 spiro atoms.